The van der Waals surface area contributed by atoms with Crippen LogP contribution in [0.2, 0.25) is 0 Å². The molecule has 1 aliphatic rings. The smallest absolute Gasteiger partial charge is 0.246 e. The quantitative estimate of drug-likeness (QED) is 0.735. The fourth-order valence-electron chi connectivity index (χ4n) is 3.09. The molecule has 2 aromatic carbocycles. The number of rotatable bonds is 6. The summed E-state index contributed by atoms with van der Waals surface area (Å²) in [5.41, 5.74) is 2.15. The van der Waals surface area contributed by atoms with Gasteiger partial charge in [0.25, 0.3) is 0 Å². The van der Waals surface area contributed by atoms with Crippen LogP contribution in [0.4, 0.5) is 5.69 Å². The second-order valence-electron chi connectivity index (χ2n) is 6.35. The van der Waals surface area contributed by atoms with Crippen molar-refractivity contribution in [1.82, 2.24) is 4.90 Å². The van der Waals surface area contributed by atoms with Gasteiger partial charge in [-0.05, 0) is 55.0 Å². The largest absolute Gasteiger partial charge is 0.497 e. The number of carbonyl (C=O) groups is 1. The molecule has 1 saturated heterocycles. The Kier molecular flexibility index (Phi) is 6.36. The van der Waals surface area contributed by atoms with E-state index in [1.165, 1.54) is 0 Å². The third-order valence-electron chi connectivity index (χ3n) is 4.64. The zero-order chi connectivity index (χ0) is 19.1. The lowest BCUT2D eigenvalue weighted by Gasteiger charge is -2.35. The third-order valence-corrected chi connectivity index (χ3v) is 4.64. The van der Waals surface area contributed by atoms with Gasteiger partial charge < -0.3 is 19.3 Å². The molecule has 0 bridgehead atoms. The number of hydrogen-bond donors (Lipinski definition) is 0. The molecule has 2 aromatic rings. The topological polar surface area (TPSA) is 42.0 Å². The lowest BCUT2D eigenvalue weighted by molar-refractivity contribution is -0.126. The number of hydrogen-bond acceptors (Lipinski definition) is 4. The Morgan fingerprint density at radius 3 is 2.19 bits per heavy atom. The summed E-state index contributed by atoms with van der Waals surface area (Å²) >= 11 is 0. The summed E-state index contributed by atoms with van der Waals surface area (Å²) in [6, 6.07) is 15.8. The van der Waals surface area contributed by atoms with E-state index in [1.54, 1.807) is 13.2 Å². The van der Waals surface area contributed by atoms with Crippen molar-refractivity contribution in [2.24, 2.45) is 0 Å². The first-order valence-corrected chi connectivity index (χ1v) is 9.28. The maximum atomic E-state index is 12.4. The molecule has 3 rings (SSSR count). The zero-order valence-electron chi connectivity index (χ0n) is 15.9. The molecule has 0 aliphatic carbocycles. The Bertz CT molecular complexity index is 761. The summed E-state index contributed by atoms with van der Waals surface area (Å²) in [5, 5.41) is 0. The molecule has 0 N–H and O–H groups in total. The minimum Gasteiger partial charge on any atom is -0.497 e. The van der Waals surface area contributed by atoms with Gasteiger partial charge >= 0.3 is 0 Å². The van der Waals surface area contributed by atoms with Crippen molar-refractivity contribution in [2.45, 2.75) is 6.92 Å². The molecule has 5 nitrogen and oxygen atoms in total. The SMILES string of the molecule is CCOc1ccc(/C=C/C(=O)N2CCN(c3ccc(OC)cc3)CC2)cc1. The van der Waals surface area contributed by atoms with Crippen LogP contribution in [0.1, 0.15) is 12.5 Å². The monoisotopic (exact) mass is 366 g/mol. The van der Waals surface area contributed by atoms with Crippen molar-refractivity contribution in [1.29, 1.82) is 0 Å². The van der Waals surface area contributed by atoms with Gasteiger partial charge in [0.1, 0.15) is 11.5 Å². The predicted octanol–water partition coefficient (Wildman–Crippen LogP) is 3.46. The Labute approximate surface area is 160 Å². The van der Waals surface area contributed by atoms with Gasteiger partial charge in [0.2, 0.25) is 5.91 Å². The van der Waals surface area contributed by atoms with Crippen LogP contribution in [0, 0.1) is 0 Å². The van der Waals surface area contributed by atoms with Gasteiger partial charge in [-0.1, -0.05) is 12.1 Å². The van der Waals surface area contributed by atoms with Crippen LogP contribution >= 0.6 is 0 Å². The highest BCUT2D eigenvalue weighted by molar-refractivity contribution is 5.92. The van der Waals surface area contributed by atoms with Crippen molar-refractivity contribution in [3.8, 4) is 11.5 Å². The van der Waals surface area contributed by atoms with Crippen molar-refractivity contribution in [2.75, 3.05) is 44.8 Å². The summed E-state index contributed by atoms with van der Waals surface area (Å²) in [6.45, 7) is 5.71. The Balaban J connectivity index is 1.51. The van der Waals surface area contributed by atoms with Gasteiger partial charge in [-0.25, -0.2) is 0 Å². The van der Waals surface area contributed by atoms with E-state index < -0.39 is 0 Å². The van der Waals surface area contributed by atoms with Crippen LogP contribution in [0.3, 0.4) is 0 Å². The van der Waals surface area contributed by atoms with Crippen LogP contribution in [-0.2, 0) is 4.79 Å². The number of nitrogens with zero attached hydrogens (tertiary/aromatic N) is 2. The number of benzene rings is 2. The van der Waals surface area contributed by atoms with E-state index in [2.05, 4.69) is 17.0 Å². The molecule has 0 spiro atoms. The molecular weight excluding hydrogens is 340 g/mol. The zero-order valence-corrected chi connectivity index (χ0v) is 15.9. The second-order valence-corrected chi connectivity index (χ2v) is 6.35. The minimum absolute atomic E-state index is 0.0539. The van der Waals surface area contributed by atoms with E-state index in [1.807, 2.05) is 54.3 Å². The first-order chi connectivity index (χ1) is 13.2. The number of carbonyl (C=O) groups excluding carboxylic acids is 1. The molecular formula is C22H26N2O3. The highest BCUT2D eigenvalue weighted by Gasteiger charge is 2.19. The van der Waals surface area contributed by atoms with Crippen LogP contribution in [-0.4, -0.2) is 50.7 Å². The molecule has 1 amide bonds. The van der Waals surface area contributed by atoms with Gasteiger partial charge in [-0.3, -0.25) is 4.79 Å². The molecule has 1 fully saturated rings. The van der Waals surface area contributed by atoms with Gasteiger partial charge in [0, 0.05) is 37.9 Å². The van der Waals surface area contributed by atoms with Crippen molar-refractivity contribution in [3.63, 3.8) is 0 Å². The molecule has 0 aromatic heterocycles. The van der Waals surface area contributed by atoms with E-state index in [0.29, 0.717) is 6.61 Å². The fourth-order valence-corrected chi connectivity index (χ4v) is 3.09. The van der Waals surface area contributed by atoms with Gasteiger partial charge in [0.15, 0.2) is 0 Å². The van der Waals surface area contributed by atoms with Crippen LogP contribution < -0.4 is 14.4 Å². The first kappa shape index (κ1) is 18.8. The Morgan fingerprint density at radius 2 is 1.59 bits per heavy atom. The summed E-state index contributed by atoms with van der Waals surface area (Å²) in [6.07, 6.45) is 3.51. The minimum atomic E-state index is 0.0539. The highest BCUT2D eigenvalue weighted by Crippen LogP contribution is 2.20. The molecule has 0 radical (unpaired) electrons. The standard InChI is InChI=1S/C22H26N2O3/c1-3-27-21-9-4-18(5-10-21)6-13-22(25)24-16-14-23(15-17-24)19-7-11-20(26-2)12-8-19/h4-13H,3,14-17H2,1-2H3/b13-6+. The first-order valence-electron chi connectivity index (χ1n) is 9.28. The van der Waals surface area contributed by atoms with E-state index in [0.717, 1.165) is 48.9 Å². The number of anilines is 1. The highest BCUT2D eigenvalue weighted by atomic mass is 16.5. The van der Waals surface area contributed by atoms with Crippen LogP contribution in [0.15, 0.2) is 54.6 Å². The van der Waals surface area contributed by atoms with Crippen molar-refractivity contribution in [3.05, 3.63) is 60.2 Å². The van der Waals surface area contributed by atoms with E-state index >= 15 is 0 Å². The molecule has 142 valence electrons. The van der Waals surface area contributed by atoms with Crippen molar-refractivity contribution >= 4 is 17.7 Å². The van der Waals surface area contributed by atoms with Gasteiger partial charge in [0.05, 0.1) is 13.7 Å². The predicted molar refractivity (Wildman–Crippen MR) is 108 cm³/mol. The number of amides is 1. The third kappa shape index (κ3) is 5.03. The van der Waals surface area contributed by atoms with Gasteiger partial charge in [-0.2, -0.15) is 0 Å². The van der Waals surface area contributed by atoms with Crippen LogP contribution in [0.25, 0.3) is 6.08 Å². The molecule has 0 unspecified atom stereocenters. The number of ether oxygens (including phenoxy) is 2. The maximum absolute atomic E-state index is 12.4. The second kappa shape index (κ2) is 9.12. The Morgan fingerprint density at radius 1 is 0.963 bits per heavy atom. The molecule has 0 saturated carbocycles. The van der Waals surface area contributed by atoms with Crippen LogP contribution in [0.5, 0.6) is 11.5 Å². The normalized spacial score (nSPS) is 14.4. The summed E-state index contributed by atoms with van der Waals surface area (Å²) in [4.78, 5) is 16.6. The Hall–Kier alpha value is -2.95. The average Bonchev–Trinajstić information content (AvgIpc) is 2.73. The van der Waals surface area contributed by atoms with Gasteiger partial charge in [-0.15, -0.1) is 0 Å². The number of methoxy groups -OCH3 is 1. The average molecular weight is 366 g/mol. The lowest BCUT2D eigenvalue weighted by Crippen LogP contribution is -2.48. The molecule has 27 heavy (non-hydrogen) atoms. The molecule has 5 heteroatoms. The maximum Gasteiger partial charge on any atom is 0.246 e. The van der Waals surface area contributed by atoms with E-state index in [9.17, 15) is 4.79 Å². The number of piperazine rings is 1. The molecule has 1 aliphatic heterocycles. The lowest BCUT2D eigenvalue weighted by atomic mass is 10.2. The summed E-state index contributed by atoms with van der Waals surface area (Å²) < 4.78 is 10.6. The molecule has 0 atom stereocenters. The van der Waals surface area contributed by atoms with E-state index in [-0.39, 0.29) is 5.91 Å². The molecule has 1 heterocycles. The fraction of sp³-hybridized carbons (Fsp3) is 0.318. The van der Waals surface area contributed by atoms with Crippen molar-refractivity contribution < 1.29 is 14.3 Å². The summed E-state index contributed by atoms with van der Waals surface area (Å²) in [5.74, 6) is 1.75. The van der Waals surface area contributed by atoms with E-state index in [4.69, 9.17) is 9.47 Å². The summed E-state index contributed by atoms with van der Waals surface area (Å²) in [7, 11) is 1.67.